The molecule has 3 aromatic carbocycles. The molecular formula is C26H18ClN3O5. The third-order valence-corrected chi connectivity index (χ3v) is 5.62. The second-order valence-electron chi connectivity index (χ2n) is 7.75. The monoisotopic (exact) mass is 487 g/mol. The zero-order valence-corrected chi connectivity index (χ0v) is 19.1. The predicted octanol–water partition coefficient (Wildman–Crippen LogP) is 5.20. The molecule has 2 aromatic heterocycles. The van der Waals surface area contributed by atoms with Gasteiger partial charge in [-0.3, -0.25) is 4.79 Å². The van der Waals surface area contributed by atoms with E-state index >= 15 is 0 Å². The number of benzene rings is 3. The second kappa shape index (κ2) is 9.08. The molecule has 0 spiro atoms. The Bertz CT molecular complexity index is 1640. The average molecular weight is 488 g/mol. The zero-order chi connectivity index (χ0) is 24.5. The molecule has 2 heterocycles. The molecule has 0 amide bonds. The number of rotatable bonds is 6. The maximum atomic E-state index is 13.3. The Morgan fingerprint density at radius 1 is 1.14 bits per heavy atom. The number of nitrogens with zero attached hydrogens (tertiary/aromatic N) is 3. The van der Waals surface area contributed by atoms with E-state index in [1.54, 1.807) is 36.4 Å². The number of hydrogen-bond donors (Lipinski definition) is 1. The number of ether oxygens (including phenoxy) is 1. The second-order valence-corrected chi connectivity index (χ2v) is 8.16. The standard InChI is InChI=1S/C26H18ClN3O5/c1-15(26(32)33)34-22-11-10-16(12-19(22)27)14-28-30-24(23-13-17-6-2-5-9-21(17)35-23)29-20-8-4-3-7-18(20)25(30)31/h2-15H,1H3,(H,32,33)/t15-/m0/s1. The molecule has 1 N–H and O–H groups in total. The van der Waals surface area contributed by atoms with E-state index < -0.39 is 12.1 Å². The van der Waals surface area contributed by atoms with Crippen molar-refractivity contribution in [3.05, 3.63) is 93.7 Å². The van der Waals surface area contributed by atoms with Crippen LogP contribution in [-0.2, 0) is 4.79 Å². The number of carbonyl (C=O) groups is 1. The van der Waals surface area contributed by atoms with Crippen LogP contribution >= 0.6 is 11.6 Å². The van der Waals surface area contributed by atoms with Gasteiger partial charge in [0.2, 0.25) is 5.82 Å². The van der Waals surface area contributed by atoms with Crippen LogP contribution in [0.15, 0.2) is 87.1 Å². The van der Waals surface area contributed by atoms with Crippen molar-refractivity contribution in [1.82, 2.24) is 9.66 Å². The minimum absolute atomic E-state index is 0.212. The molecule has 0 aliphatic rings. The van der Waals surface area contributed by atoms with E-state index in [0.29, 0.717) is 27.8 Å². The van der Waals surface area contributed by atoms with Crippen molar-refractivity contribution >= 4 is 45.7 Å². The van der Waals surface area contributed by atoms with E-state index in [4.69, 9.17) is 25.9 Å². The lowest BCUT2D eigenvalue weighted by atomic mass is 10.2. The van der Waals surface area contributed by atoms with Gasteiger partial charge in [0, 0.05) is 5.39 Å². The van der Waals surface area contributed by atoms with E-state index in [1.807, 2.05) is 36.4 Å². The molecule has 1 atom stereocenters. The molecule has 0 bridgehead atoms. The fourth-order valence-electron chi connectivity index (χ4n) is 3.54. The summed E-state index contributed by atoms with van der Waals surface area (Å²) in [6.45, 7) is 1.41. The highest BCUT2D eigenvalue weighted by Crippen LogP contribution is 2.28. The normalized spacial score (nSPS) is 12.4. The van der Waals surface area contributed by atoms with E-state index in [1.165, 1.54) is 17.8 Å². The Morgan fingerprint density at radius 2 is 1.91 bits per heavy atom. The van der Waals surface area contributed by atoms with Gasteiger partial charge in [-0.1, -0.05) is 41.9 Å². The largest absolute Gasteiger partial charge is 0.479 e. The van der Waals surface area contributed by atoms with Crippen molar-refractivity contribution < 1.29 is 19.1 Å². The fourth-order valence-corrected chi connectivity index (χ4v) is 3.77. The fraction of sp³-hybridized carbons (Fsp3) is 0.0769. The SMILES string of the molecule is C[C@H](Oc1ccc(C=Nn2c(-c3cc4ccccc4o3)nc3ccccc3c2=O)cc1Cl)C(=O)O. The summed E-state index contributed by atoms with van der Waals surface area (Å²) < 4.78 is 12.5. The first kappa shape index (κ1) is 22.4. The molecule has 0 saturated carbocycles. The number of aromatic nitrogens is 2. The zero-order valence-electron chi connectivity index (χ0n) is 18.4. The summed E-state index contributed by atoms with van der Waals surface area (Å²) in [7, 11) is 0. The third-order valence-electron chi connectivity index (χ3n) is 5.33. The molecule has 0 unspecified atom stereocenters. The van der Waals surface area contributed by atoms with Crippen LogP contribution in [0.1, 0.15) is 12.5 Å². The van der Waals surface area contributed by atoms with Gasteiger partial charge in [-0.05, 0) is 55.0 Å². The lowest BCUT2D eigenvalue weighted by Gasteiger charge is -2.12. The highest BCUT2D eigenvalue weighted by atomic mass is 35.5. The van der Waals surface area contributed by atoms with Crippen molar-refractivity contribution in [2.45, 2.75) is 13.0 Å². The number of fused-ring (bicyclic) bond motifs is 2. The van der Waals surface area contributed by atoms with Crippen LogP contribution in [0.25, 0.3) is 33.5 Å². The number of aliphatic carboxylic acids is 1. The lowest BCUT2D eigenvalue weighted by Crippen LogP contribution is -2.23. The summed E-state index contributed by atoms with van der Waals surface area (Å²) in [6.07, 6.45) is 0.404. The number of carboxylic acid groups (broad SMARTS) is 1. The van der Waals surface area contributed by atoms with Gasteiger partial charge in [-0.15, -0.1) is 0 Å². The maximum Gasteiger partial charge on any atom is 0.344 e. The van der Waals surface area contributed by atoms with Crippen LogP contribution in [0.2, 0.25) is 5.02 Å². The Kier molecular flexibility index (Phi) is 5.80. The number of furan rings is 1. The minimum atomic E-state index is -1.10. The first-order valence-electron chi connectivity index (χ1n) is 10.6. The highest BCUT2D eigenvalue weighted by molar-refractivity contribution is 6.32. The summed E-state index contributed by atoms with van der Waals surface area (Å²) in [5, 5.41) is 14.9. The van der Waals surface area contributed by atoms with Crippen molar-refractivity contribution in [2.75, 3.05) is 0 Å². The molecule has 0 radical (unpaired) electrons. The molecule has 0 saturated heterocycles. The van der Waals surface area contributed by atoms with E-state index in [0.717, 1.165) is 5.39 Å². The van der Waals surface area contributed by atoms with E-state index in [-0.39, 0.29) is 22.2 Å². The van der Waals surface area contributed by atoms with Crippen LogP contribution in [0.5, 0.6) is 5.75 Å². The Labute approximate surface area is 203 Å². The van der Waals surface area contributed by atoms with Crippen molar-refractivity contribution in [3.63, 3.8) is 0 Å². The van der Waals surface area contributed by atoms with Gasteiger partial charge in [0.25, 0.3) is 5.56 Å². The lowest BCUT2D eigenvalue weighted by molar-refractivity contribution is -0.144. The maximum absolute atomic E-state index is 13.3. The van der Waals surface area contributed by atoms with E-state index in [9.17, 15) is 9.59 Å². The molecule has 0 fully saturated rings. The van der Waals surface area contributed by atoms with Gasteiger partial charge < -0.3 is 14.3 Å². The average Bonchev–Trinajstić information content (AvgIpc) is 3.29. The number of hydrogen-bond acceptors (Lipinski definition) is 6. The minimum Gasteiger partial charge on any atom is -0.479 e. The number of para-hydroxylation sites is 2. The van der Waals surface area contributed by atoms with Crippen LogP contribution < -0.4 is 10.3 Å². The van der Waals surface area contributed by atoms with Crippen LogP contribution in [0.4, 0.5) is 0 Å². The smallest absolute Gasteiger partial charge is 0.344 e. The van der Waals surface area contributed by atoms with Gasteiger partial charge in [0.05, 0.1) is 22.1 Å². The summed E-state index contributed by atoms with van der Waals surface area (Å²) in [5.74, 6) is -0.225. The molecule has 174 valence electrons. The van der Waals surface area contributed by atoms with Gasteiger partial charge in [-0.25, -0.2) is 9.78 Å². The van der Waals surface area contributed by atoms with Crippen LogP contribution in [-0.4, -0.2) is 33.1 Å². The topological polar surface area (TPSA) is 107 Å². The first-order chi connectivity index (χ1) is 16.9. The predicted molar refractivity (Wildman–Crippen MR) is 133 cm³/mol. The Hall–Kier alpha value is -4.43. The third kappa shape index (κ3) is 4.39. The van der Waals surface area contributed by atoms with Gasteiger partial charge in [0.15, 0.2) is 11.9 Å². The van der Waals surface area contributed by atoms with E-state index in [2.05, 4.69) is 10.1 Å². The molecule has 5 rings (SSSR count). The Morgan fingerprint density at radius 3 is 2.69 bits per heavy atom. The highest BCUT2D eigenvalue weighted by Gasteiger charge is 2.17. The molecule has 9 heteroatoms. The molecule has 5 aromatic rings. The summed E-state index contributed by atoms with van der Waals surface area (Å²) in [5.41, 5.74) is 1.40. The quantitative estimate of drug-likeness (QED) is 0.330. The van der Waals surface area contributed by atoms with Gasteiger partial charge in [0.1, 0.15) is 11.3 Å². The van der Waals surface area contributed by atoms with Crippen LogP contribution in [0, 0.1) is 0 Å². The molecule has 0 aliphatic heterocycles. The molecule has 0 aliphatic carbocycles. The first-order valence-corrected chi connectivity index (χ1v) is 11.0. The summed E-state index contributed by atoms with van der Waals surface area (Å²) >= 11 is 6.27. The Balaban J connectivity index is 1.59. The van der Waals surface area contributed by atoms with Crippen molar-refractivity contribution in [1.29, 1.82) is 0 Å². The van der Waals surface area contributed by atoms with Crippen molar-refractivity contribution in [3.8, 4) is 17.3 Å². The van der Waals surface area contributed by atoms with Crippen LogP contribution in [0.3, 0.4) is 0 Å². The molecule has 8 nitrogen and oxygen atoms in total. The molecule has 35 heavy (non-hydrogen) atoms. The molecular weight excluding hydrogens is 470 g/mol. The van der Waals surface area contributed by atoms with Crippen molar-refractivity contribution in [2.24, 2.45) is 5.10 Å². The summed E-state index contributed by atoms with van der Waals surface area (Å²) in [4.78, 5) is 29.0. The number of halogens is 1. The number of carboxylic acids is 1. The van der Waals surface area contributed by atoms with Gasteiger partial charge in [-0.2, -0.15) is 9.78 Å². The van der Waals surface area contributed by atoms with Gasteiger partial charge >= 0.3 is 5.97 Å². The summed E-state index contributed by atoms with van der Waals surface area (Å²) in [6, 6.07) is 21.1.